The largest absolute Gasteiger partial charge is 0.310 e. The summed E-state index contributed by atoms with van der Waals surface area (Å²) in [4.78, 5) is 4.34. The standard InChI is InChI=1S/C15H22N4/c1-11(2)8-16-9-15-17-10-18-19(15)14-6-5-12(3)7-13(14)4/h5-7,10-11,16H,8-9H2,1-4H3. The van der Waals surface area contributed by atoms with E-state index in [9.17, 15) is 0 Å². The lowest BCUT2D eigenvalue weighted by Crippen LogP contribution is -2.21. The first-order valence-electron chi connectivity index (χ1n) is 6.75. The Bertz CT molecular complexity index is 543. The third-order valence-corrected chi connectivity index (χ3v) is 3.03. The topological polar surface area (TPSA) is 42.7 Å². The lowest BCUT2D eigenvalue weighted by Gasteiger charge is -2.11. The van der Waals surface area contributed by atoms with E-state index in [-0.39, 0.29) is 0 Å². The summed E-state index contributed by atoms with van der Waals surface area (Å²) >= 11 is 0. The smallest absolute Gasteiger partial charge is 0.146 e. The molecule has 1 aromatic heterocycles. The molecule has 0 fully saturated rings. The zero-order valence-corrected chi connectivity index (χ0v) is 12.1. The lowest BCUT2D eigenvalue weighted by atomic mass is 10.1. The molecule has 0 atom stereocenters. The summed E-state index contributed by atoms with van der Waals surface area (Å²) in [6.07, 6.45) is 1.62. The minimum Gasteiger partial charge on any atom is -0.310 e. The molecule has 1 aromatic carbocycles. The summed E-state index contributed by atoms with van der Waals surface area (Å²) < 4.78 is 1.92. The first kappa shape index (κ1) is 13.7. The van der Waals surface area contributed by atoms with Gasteiger partial charge in [0, 0.05) is 0 Å². The average Bonchev–Trinajstić information content (AvgIpc) is 2.77. The summed E-state index contributed by atoms with van der Waals surface area (Å²) in [5.74, 6) is 1.59. The Morgan fingerprint density at radius 2 is 2.05 bits per heavy atom. The van der Waals surface area contributed by atoms with Crippen molar-refractivity contribution in [3.8, 4) is 5.69 Å². The van der Waals surface area contributed by atoms with Crippen molar-refractivity contribution in [3.63, 3.8) is 0 Å². The third kappa shape index (κ3) is 3.41. The van der Waals surface area contributed by atoms with Crippen LogP contribution in [0.1, 0.15) is 30.8 Å². The molecule has 0 saturated heterocycles. The Labute approximate surface area is 114 Å². The van der Waals surface area contributed by atoms with E-state index < -0.39 is 0 Å². The maximum absolute atomic E-state index is 4.34. The van der Waals surface area contributed by atoms with Gasteiger partial charge in [0.2, 0.25) is 0 Å². The molecule has 0 radical (unpaired) electrons. The molecule has 0 bridgehead atoms. The number of rotatable bonds is 5. The lowest BCUT2D eigenvalue weighted by molar-refractivity contribution is 0.537. The second-order valence-electron chi connectivity index (χ2n) is 5.40. The molecule has 1 heterocycles. The normalized spacial score (nSPS) is 11.2. The fraction of sp³-hybridized carbons (Fsp3) is 0.467. The molecule has 4 heteroatoms. The molecule has 0 aliphatic rings. The quantitative estimate of drug-likeness (QED) is 0.896. The van der Waals surface area contributed by atoms with Crippen LogP contribution in [0.4, 0.5) is 0 Å². The second-order valence-corrected chi connectivity index (χ2v) is 5.40. The van der Waals surface area contributed by atoms with Crippen LogP contribution in [0.25, 0.3) is 5.69 Å². The number of nitrogens with one attached hydrogen (secondary N) is 1. The molecule has 19 heavy (non-hydrogen) atoms. The van der Waals surface area contributed by atoms with Crippen molar-refractivity contribution in [2.75, 3.05) is 6.54 Å². The zero-order chi connectivity index (χ0) is 13.8. The van der Waals surface area contributed by atoms with Crippen LogP contribution >= 0.6 is 0 Å². The molecule has 0 amide bonds. The van der Waals surface area contributed by atoms with E-state index in [2.05, 4.69) is 61.3 Å². The van der Waals surface area contributed by atoms with Crippen LogP contribution in [0.15, 0.2) is 24.5 Å². The molecule has 2 rings (SSSR count). The third-order valence-electron chi connectivity index (χ3n) is 3.03. The van der Waals surface area contributed by atoms with Crippen molar-refractivity contribution >= 4 is 0 Å². The van der Waals surface area contributed by atoms with Gasteiger partial charge in [-0.15, -0.1) is 0 Å². The van der Waals surface area contributed by atoms with Gasteiger partial charge in [0.1, 0.15) is 12.2 Å². The van der Waals surface area contributed by atoms with Crippen LogP contribution in [0, 0.1) is 19.8 Å². The molecular formula is C15H22N4. The summed E-state index contributed by atoms with van der Waals surface area (Å²) in [5.41, 5.74) is 3.58. The van der Waals surface area contributed by atoms with Crippen LogP contribution < -0.4 is 5.32 Å². The number of hydrogen-bond acceptors (Lipinski definition) is 3. The average molecular weight is 258 g/mol. The minimum atomic E-state index is 0.637. The number of aromatic nitrogens is 3. The number of benzene rings is 1. The molecule has 1 N–H and O–H groups in total. The van der Waals surface area contributed by atoms with Gasteiger partial charge in [0.05, 0.1) is 12.2 Å². The molecule has 0 aliphatic carbocycles. The van der Waals surface area contributed by atoms with Crippen molar-refractivity contribution in [2.24, 2.45) is 5.92 Å². The Balaban J connectivity index is 2.19. The summed E-state index contributed by atoms with van der Waals surface area (Å²) in [6, 6.07) is 6.38. The molecule has 0 unspecified atom stereocenters. The van der Waals surface area contributed by atoms with Crippen molar-refractivity contribution < 1.29 is 0 Å². The van der Waals surface area contributed by atoms with Crippen molar-refractivity contribution in [1.82, 2.24) is 20.1 Å². The highest BCUT2D eigenvalue weighted by atomic mass is 15.3. The molecule has 4 nitrogen and oxygen atoms in total. The predicted molar refractivity (Wildman–Crippen MR) is 77.4 cm³/mol. The first-order chi connectivity index (χ1) is 9.08. The first-order valence-corrected chi connectivity index (χ1v) is 6.75. The Morgan fingerprint density at radius 1 is 1.26 bits per heavy atom. The molecule has 2 aromatic rings. The van der Waals surface area contributed by atoms with Crippen LogP contribution in [-0.4, -0.2) is 21.3 Å². The summed E-state index contributed by atoms with van der Waals surface area (Å²) in [5, 5.41) is 7.75. The number of nitrogens with zero attached hydrogens (tertiary/aromatic N) is 3. The van der Waals surface area contributed by atoms with E-state index in [4.69, 9.17) is 0 Å². The van der Waals surface area contributed by atoms with Crippen molar-refractivity contribution in [1.29, 1.82) is 0 Å². The van der Waals surface area contributed by atoms with Crippen molar-refractivity contribution in [2.45, 2.75) is 34.2 Å². The van der Waals surface area contributed by atoms with E-state index in [1.165, 1.54) is 11.1 Å². The van der Waals surface area contributed by atoms with Gasteiger partial charge in [0.15, 0.2) is 0 Å². The van der Waals surface area contributed by atoms with Gasteiger partial charge in [-0.3, -0.25) is 0 Å². The van der Waals surface area contributed by atoms with E-state index in [1.54, 1.807) is 6.33 Å². The van der Waals surface area contributed by atoms with Crippen LogP contribution in [0.3, 0.4) is 0 Å². The Kier molecular flexibility index (Phi) is 4.32. The van der Waals surface area contributed by atoms with E-state index in [1.807, 2.05) is 4.68 Å². The van der Waals surface area contributed by atoms with Gasteiger partial charge in [-0.05, 0) is 37.9 Å². The van der Waals surface area contributed by atoms with Gasteiger partial charge in [0.25, 0.3) is 0 Å². The number of aryl methyl sites for hydroxylation is 2. The van der Waals surface area contributed by atoms with Crippen LogP contribution in [0.5, 0.6) is 0 Å². The van der Waals surface area contributed by atoms with Gasteiger partial charge in [-0.1, -0.05) is 31.5 Å². The predicted octanol–water partition coefficient (Wildman–Crippen LogP) is 2.63. The Morgan fingerprint density at radius 3 is 2.74 bits per heavy atom. The SMILES string of the molecule is Cc1ccc(-n2ncnc2CNCC(C)C)c(C)c1. The van der Waals surface area contributed by atoms with E-state index >= 15 is 0 Å². The molecular weight excluding hydrogens is 236 g/mol. The highest BCUT2D eigenvalue weighted by Gasteiger charge is 2.08. The molecule has 0 spiro atoms. The zero-order valence-electron chi connectivity index (χ0n) is 12.1. The monoisotopic (exact) mass is 258 g/mol. The minimum absolute atomic E-state index is 0.637. The highest BCUT2D eigenvalue weighted by molar-refractivity contribution is 5.42. The summed E-state index contributed by atoms with van der Waals surface area (Å²) in [6.45, 7) is 10.3. The maximum atomic E-state index is 4.34. The summed E-state index contributed by atoms with van der Waals surface area (Å²) in [7, 11) is 0. The van der Waals surface area contributed by atoms with Crippen molar-refractivity contribution in [3.05, 3.63) is 41.5 Å². The number of hydrogen-bond donors (Lipinski definition) is 1. The van der Waals surface area contributed by atoms with Gasteiger partial charge >= 0.3 is 0 Å². The fourth-order valence-corrected chi connectivity index (χ4v) is 2.10. The maximum Gasteiger partial charge on any atom is 0.146 e. The second kappa shape index (κ2) is 5.97. The fourth-order valence-electron chi connectivity index (χ4n) is 2.10. The van der Waals surface area contributed by atoms with Gasteiger partial charge < -0.3 is 5.32 Å². The van der Waals surface area contributed by atoms with Crippen LogP contribution in [0.2, 0.25) is 0 Å². The Hall–Kier alpha value is -1.68. The molecule has 0 saturated carbocycles. The van der Waals surface area contributed by atoms with Gasteiger partial charge in [-0.2, -0.15) is 5.10 Å². The molecule has 0 aliphatic heterocycles. The highest BCUT2D eigenvalue weighted by Crippen LogP contribution is 2.15. The molecule has 102 valence electrons. The van der Waals surface area contributed by atoms with E-state index in [0.29, 0.717) is 5.92 Å². The van der Waals surface area contributed by atoms with Gasteiger partial charge in [-0.25, -0.2) is 9.67 Å². The van der Waals surface area contributed by atoms with E-state index in [0.717, 1.165) is 24.6 Å². The van der Waals surface area contributed by atoms with Crippen LogP contribution in [-0.2, 0) is 6.54 Å².